The molecule has 0 bridgehead atoms. The van der Waals surface area contributed by atoms with Gasteiger partial charge in [0.15, 0.2) is 16.6 Å². The highest BCUT2D eigenvalue weighted by Crippen LogP contribution is 2.37. The van der Waals surface area contributed by atoms with Crippen LogP contribution in [0.25, 0.3) is 11.3 Å². The Balaban J connectivity index is 1.40. The molecule has 0 aliphatic carbocycles. The van der Waals surface area contributed by atoms with Crippen molar-refractivity contribution in [2.75, 3.05) is 43.3 Å². The second kappa shape index (κ2) is 8.44. The van der Waals surface area contributed by atoms with Crippen LogP contribution in [0.15, 0.2) is 41.8 Å². The Hall–Kier alpha value is -3.70. The van der Waals surface area contributed by atoms with Crippen LogP contribution in [0.4, 0.5) is 16.5 Å². The third kappa shape index (κ3) is 3.95. The molecule has 1 fully saturated rings. The molecule has 0 spiro atoms. The van der Waals surface area contributed by atoms with Gasteiger partial charge in [0.05, 0.1) is 35.1 Å². The van der Waals surface area contributed by atoms with Gasteiger partial charge >= 0.3 is 0 Å². The lowest BCUT2D eigenvalue weighted by Gasteiger charge is -2.30. The summed E-state index contributed by atoms with van der Waals surface area (Å²) < 4.78 is 16.1. The van der Waals surface area contributed by atoms with Crippen molar-refractivity contribution < 1.29 is 23.9 Å². The third-order valence-electron chi connectivity index (χ3n) is 5.18. The zero-order valence-corrected chi connectivity index (χ0v) is 17.6. The van der Waals surface area contributed by atoms with E-state index in [1.165, 1.54) is 23.5 Å². The number of hydrogen-bond donors (Lipinski definition) is 1. The van der Waals surface area contributed by atoms with E-state index in [2.05, 4.69) is 10.3 Å². The number of thiazole rings is 1. The molecule has 1 saturated heterocycles. The van der Waals surface area contributed by atoms with Crippen molar-refractivity contribution in [3.8, 4) is 22.8 Å². The first-order valence-corrected chi connectivity index (χ1v) is 10.7. The van der Waals surface area contributed by atoms with Crippen molar-refractivity contribution in [1.29, 1.82) is 0 Å². The number of morpholine rings is 1. The van der Waals surface area contributed by atoms with Gasteiger partial charge in [-0.1, -0.05) is 0 Å². The summed E-state index contributed by atoms with van der Waals surface area (Å²) in [6, 6.07) is 9.83. The summed E-state index contributed by atoms with van der Waals surface area (Å²) >= 11 is 1.27. The SMILES string of the molecule is O=C(Nc1nc(-c2ccc3c(c2)OCO3)cs1)c1cc([N+](=O)[O-])ccc1N1CCOCC1. The standard InChI is InChI=1S/C21H18N4O6S/c26-20(15-10-14(25(27)28)2-3-17(15)24-5-7-29-8-6-24)23-21-22-16(11-32-21)13-1-4-18-19(9-13)31-12-30-18/h1-4,9-11H,5-8,12H2,(H,22,23,26). The quantitative estimate of drug-likeness (QED) is 0.460. The van der Waals surface area contributed by atoms with Gasteiger partial charge in [-0.15, -0.1) is 11.3 Å². The van der Waals surface area contributed by atoms with Gasteiger partial charge in [0.25, 0.3) is 11.6 Å². The maximum atomic E-state index is 13.1. The monoisotopic (exact) mass is 454 g/mol. The van der Waals surface area contributed by atoms with E-state index in [-0.39, 0.29) is 18.0 Å². The molecule has 10 nitrogen and oxygen atoms in total. The first kappa shape index (κ1) is 20.2. The van der Waals surface area contributed by atoms with Crippen LogP contribution in [0.5, 0.6) is 11.5 Å². The lowest BCUT2D eigenvalue weighted by atomic mass is 10.1. The van der Waals surface area contributed by atoms with E-state index >= 15 is 0 Å². The summed E-state index contributed by atoms with van der Waals surface area (Å²) in [5.74, 6) is 0.869. The zero-order valence-electron chi connectivity index (χ0n) is 16.8. The molecule has 1 N–H and O–H groups in total. The fourth-order valence-corrected chi connectivity index (χ4v) is 4.30. The lowest BCUT2D eigenvalue weighted by Crippen LogP contribution is -2.37. The van der Waals surface area contributed by atoms with Crippen LogP contribution in [0.2, 0.25) is 0 Å². The molecule has 3 heterocycles. The van der Waals surface area contributed by atoms with Gasteiger partial charge in [0, 0.05) is 36.2 Å². The molecule has 32 heavy (non-hydrogen) atoms. The number of nitrogens with one attached hydrogen (secondary N) is 1. The number of benzene rings is 2. The van der Waals surface area contributed by atoms with Crippen LogP contribution in [0.1, 0.15) is 10.4 Å². The molecule has 0 atom stereocenters. The van der Waals surface area contributed by atoms with E-state index in [0.717, 1.165) is 5.56 Å². The van der Waals surface area contributed by atoms with Gasteiger partial charge in [-0.2, -0.15) is 0 Å². The molecule has 3 aromatic rings. The number of nitrogens with zero attached hydrogens (tertiary/aromatic N) is 3. The summed E-state index contributed by atoms with van der Waals surface area (Å²) in [4.78, 5) is 30.3. The Kier molecular flexibility index (Phi) is 5.33. The van der Waals surface area contributed by atoms with Crippen molar-refractivity contribution in [2.24, 2.45) is 0 Å². The number of non-ortho nitro benzene ring substituents is 1. The van der Waals surface area contributed by atoms with Crippen molar-refractivity contribution in [2.45, 2.75) is 0 Å². The third-order valence-corrected chi connectivity index (χ3v) is 5.94. The first-order valence-electron chi connectivity index (χ1n) is 9.86. The molecule has 1 amide bonds. The maximum absolute atomic E-state index is 13.1. The second-order valence-electron chi connectivity index (χ2n) is 7.12. The number of aromatic nitrogens is 1. The fraction of sp³-hybridized carbons (Fsp3) is 0.238. The van der Waals surface area contributed by atoms with Crippen LogP contribution >= 0.6 is 11.3 Å². The summed E-state index contributed by atoms with van der Waals surface area (Å²) in [5.41, 5.74) is 2.21. The Morgan fingerprint density at radius 3 is 2.75 bits per heavy atom. The summed E-state index contributed by atoms with van der Waals surface area (Å²) in [6.07, 6.45) is 0. The number of fused-ring (bicyclic) bond motifs is 1. The highest BCUT2D eigenvalue weighted by Gasteiger charge is 2.23. The van der Waals surface area contributed by atoms with Crippen molar-refractivity contribution >= 4 is 33.8 Å². The van der Waals surface area contributed by atoms with Crippen LogP contribution in [0.3, 0.4) is 0 Å². The van der Waals surface area contributed by atoms with E-state index < -0.39 is 10.8 Å². The van der Waals surface area contributed by atoms with Crippen molar-refractivity contribution in [3.05, 3.63) is 57.5 Å². The Bertz CT molecular complexity index is 1190. The Labute approximate surface area is 186 Å². The summed E-state index contributed by atoms with van der Waals surface area (Å²) in [7, 11) is 0. The van der Waals surface area contributed by atoms with Crippen molar-refractivity contribution in [1.82, 2.24) is 4.98 Å². The van der Waals surface area contributed by atoms with E-state index in [4.69, 9.17) is 14.2 Å². The first-order chi connectivity index (χ1) is 15.6. The molecule has 11 heteroatoms. The summed E-state index contributed by atoms with van der Waals surface area (Å²) in [5, 5.41) is 16.3. The second-order valence-corrected chi connectivity index (χ2v) is 7.98. The number of nitro groups is 1. The average molecular weight is 454 g/mol. The molecule has 0 saturated carbocycles. The van der Waals surface area contributed by atoms with E-state index in [1.807, 2.05) is 28.5 Å². The van der Waals surface area contributed by atoms with Gasteiger partial charge < -0.3 is 19.1 Å². The largest absolute Gasteiger partial charge is 0.454 e. The minimum absolute atomic E-state index is 0.146. The number of amides is 1. The maximum Gasteiger partial charge on any atom is 0.270 e. The smallest absolute Gasteiger partial charge is 0.270 e. The minimum Gasteiger partial charge on any atom is -0.454 e. The average Bonchev–Trinajstić information content (AvgIpc) is 3.48. The molecule has 1 aromatic heterocycles. The molecular formula is C21H18N4O6S. The highest BCUT2D eigenvalue weighted by molar-refractivity contribution is 7.14. The number of ether oxygens (including phenoxy) is 3. The van der Waals surface area contributed by atoms with Gasteiger partial charge in [-0.25, -0.2) is 4.98 Å². The summed E-state index contributed by atoms with van der Waals surface area (Å²) in [6.45, 7) is 2.45. The fourth-order valence-electron chi connectivity index (χ4n) is 3.58. The van der Waals surface area contributed by atoms with Crippen LogP contribution in [-0.4, -0.2) is 48.9 Å². The molecule has 2 aromatic carbocycles. The zero-order chi connectivity index (χ0) is 22.1. The molecule has 5 rings (SSSR count). The normalized spacial score (nSPS) is 14.9. The van der Waals surface area contributed by atoms with Gasteiger partial charge in [-0.05, 0) is 24.3 Å². The van der Waals surface area contributed by atoms with Crippen LogP contribution in [-0.2, 0) is 4.74 Å². The lowest BCUT2D eigenvalue weighted by molar-refractivity contribution is -0.384. The predicted octanol–water partition coefficient (Wildman–Crippen LogP) is 3.54. The van der Waals surface area contributed by atoms with E-state index in [1.54, 1.807) is 6.07 Å². The number of carbonyl (C=O) groups is 1. The molecular weight excluding hydrogens is 436 g/mol. The van der Waals surface area contributed by atoms with Gasteiger partial charge in [-0.3, -0.25) is 20.2 Å². The molecule has 2 aliphatic rings. The van der Waals surface area contributed by atoms with Crippen molar-refractivity contribution in [3.63, 3.8) is 0 Å². The minimum atomic E-state index is -0.513. The van der Waals surface area contributed by atoms with E-state index in [0.29, 0.717) is 54.3 Å². The molecule has 0 unspecified atom stereocenters. The number of nitro benzene ring substituents is 1. The number of hydrogen-bond acceptors (Lipinski definition) is 9. The van der Waals surface area contributed by atoms with Gasteiger partial charge in [0.2, 0.25) is 6.79 Å². The highest BCUT2D eigenvalue weighted by atomic mass is 32.1. The predicted molar refractivity (Wildman–Crippen MR) is 118 cm³/mol. The number of carbonyl (C=O) groups excluding carboxylic acids is 1. The number of rotatable bonds is 5. The Morgan fingerprint density at radius 2 is 1.94 bits per heavy atom. The van der Waals surface area contributed by atoms with Crippen LogP contribution in [0, 0.1) is 10.1 Å². The topological polar surface area (TPSA) is 116 Å². The molecule has 2 aliphatic heterocycles. The molecule has 0 radical (unpaired) electrons. The van der Waals surface area contributed by atoms with Crippen LogP contribution < -0.4 is 19.7 Å². The van der Waals surface area contributed by atoms with Gasteiger partial charge in [0.1, 0.15) is 0 Å². The Morgan fingerprint density at radius 1 is 1.12 bits per heavy atom. The van der Waals surface area contributed by atoms with E-state index in [9.17, 15) is 14.9 Å². The molecule has 164 valence electrons. The number of anilines is 2.